The van der Waals surface area contributed by atoms with Crippen molar-refractivity contribution in [1.82, 2.24) is 10.6 Å². The molecule has 5 nitrogen and oxygen atoms in total. The highest BCUT2D eigenvalue weighted by Crippen LogP contribution is 1.90. The number of amides is 1. The first-order valence-corrected chi connectivity index (χ1v) is 4.87. The van der Waals surface area contributed by atoms with Crippen molar-refractivity contribution in [3.8, 4) is 6.07 Å². The Morgan fingerprint density at radius 3 is 2.87 bits per heavy atom. The molecule has 84 valence electrons. The molecule has 0 aliphatic rings. The third kappa shape index (κ3) is 6.52. The van der Waals surface area contributed by atoms with Gasteiger partial charge in [-0.05, 0) is 13.3 Å². The number of nitrogens with one attached hydrogen (secondary N) is 2. The lowest BCUT2D eigenvalue weighted by molar-refractivity contribution is -0.117. The molecule has 0 heterocycles. The van der Waals surface area contributed by atoms with Crippen LogP contribution < -0.4 is 10.6 Å². The van der Waals surface area contributed by atoms with Gasteiger partial charge in [-0.2, -0.15) is 5.26 Å². The maximum absolute atomic E-state index is 11.4. The standard InChI is InChI=1S/C10H17N3O2/c1-3-12-8-9(7-11)10(14)13-5-4-6-15-2/h8,12H,3-6H2,1-2H3,(H,13,14)/b9-8-. The van der Waals surface area contributed by atoms with Crippen LogP contribution >= 0.6 is 0 Å². The van der Waals surface area contributed by atoms with E-state index in [0.29, 0.717) is 19.7 Å². The van der Waals surface area contributed by atoms with Gasteiger partial charge in [-0.25, -0.2) is 0 Å². The number of nitriles is 1. The maximum Gasteiger partial charge on any atom is 0.263 e. The maximum atomic E-state index is 11.4. The van der Waals surface area contributed by atoms with Gasteiger partial charge in [0.15, 0.2) is 0 Å². The van der Waals surface area contributed by atoms with Gasteiger partial charge >= 0.3 is 0 Å². The largest absolute Gasteiger partial charge is 0.390 e. The van der Waals surface area contributed by atoms with E-state index < -0.39 is 0 Å². The minimum absolute atomic E-state index is 0.0919. The van der Waals surface area contributed by atoms with Crippen molar-refractivity contribution in [2.75, 3.05) is 26.8 Å². The van der Waals surface area contributed by atoms with Crippen molar-refractivity contribution in [3.05, 3.63) is 11.8 Å². The van der Waals surface area contributed by atoms with Crippen LogP contribution in [-0.2, 0) is 9.53 Å². The van der Waals surface area contributed by atoms with Gasteiger partial charge in [0.05, 0.1) is 0 Å². The number of carbonyl (C=O) groups is 1. The van der Waals surface area contributed by atoms with Gasteiger partial charge in [-0.1, -0.05) is 0 Å². The quantitative estimate of drug-likeness (QED) is 0.357. The summed E-state index contributed by atoms with van der Waals surface area (Å²) in [4.78, 5) is 11.4. The summed E-state index contributed by atoms with van der Waals surface area (Å²) in [6.45, 7) is 3.68. The third-order valence-electron chi connectivity index (χ3n) is 1.63. The zero-order chi connectivity index (χ0) is 11.5. The van der Waals surface area contributed by atoms with E-state index in [1.165, 1.54) is 6.20 Å². The molecule has 0 aromatic heterocycles. The van der Waals surface area contributed by atoms with Gasteiger partial charge in [-0.3, -0.25) is 4.79 Å². The Labute approximate surface area is 90.1 Å². The highest BCUT2D eigenvalue weighted by molar-refractivity contribution is 5.97. The van der Waals surface area contributed by atoms with Crippen molar-refractivity contribution >= 4 is 5.91 Å². The molecule has 0 fully saturated rings. The highest BCUT2D eigenvalue weighted by atomic mass is 16.5. The minimum Gasteiger partial charge on any atom is -0.390 e. The molecule has 5 heteroatoms. The first-order valence-electron chi connectivity index (χ1n) is 4.87. The zero-order valence-corrected chi connectivity index (χ0v) is 9.17. The van der Waals surface area contributed by atoms with Gasteiger partial charge in [0, 0.05) is 33.0 Å². The summed E-state index contributed by atoms with van der Waals surface area (Å²) in [5.74, 6) is -0.352. The molecule has 0 atom stereocenters. The van der Waals surface area contributed by atoms with E-state index in [-0.39, 0.29) is 11.5 Å². The van der Waals surface area contributed by atoms with Crippen molar-refractivity contribution in [1.29, 1.82) is 5.26 Å². The van der Waals surface area contributed by atoms with Crippen molar-refractivity contribution < 1.29 is 9.53 Å². The van der Waals surface area contributed by atoms with Gasteiger partial charge in [0.2, 0.25) is 0 Å². The summed E-state index contributed by atoms with van der Waals surface area (Å²) in [5, 5.41) is 14.1. The fourth-order valence-electron chi connectivity index (χ4n) is 0.866. The Balaban J connectivity index is 3.90. The van der Waals surface area contributed by atoms with E-state index in [1.54, 1.807) is 7.11 Å². The predicted molar refractivity (Wildman–Crippen MR) is 56.9 cm³/mol. The number of carbonyl (C=O) groups excluding carboxylic acids is 1. The second-order valence-corrected chi connectivity index (χ2v) is 2.83. The van der Waals surface area contributed by atoms with Gasteiger partial charge in [0.25, 0.3) is 5.91 Å². The Bertz CT molecular complexity index is 256. The minimum atomic E-state index is -0.352. The Morgan fingerprint density at radius 1 is 1.60 bits per heavy atom. The van der Waals surface area contributed by atoms with Crippen LogP contribution in [0, 0.1) is 11.3 Å². The Morgan fingerprint density at radius 2 is 2.33 bits per heavy atom. The lowest BCUT2D eigenvalue weighted by atomic mass is 10.3. The van der Waals surface area contributed by atoms with Gasteiger partial charge in [-0.15, -0.1) is 0 Å². The molecule has 0 aromatic carbocycles. The summed E-state index contributed by atoms with van der Waals surface area (Å²) in [6.07, 6.45) is 2.16. The molecule has 0 bridgehead atoms. The topological polar surface area (TPSA) is 74.2 Å². The van der Waals surface area contributed by atoms with Crippen molar-refractivity contribution in [2.45, 2.75) is 13.3 Å². The van der Waals surface area contributed by atoms with Crippen LogP contribution in [0.1, 0.15) is 13.3 Å². The monoisotopic (exact) mass is 211 g/mol. The van der Waals surface area contributed by atoms with E-state index in [2.05, 4.69) is 10.6 Å². The number of hydrogen-bond acceptors (Lipinski definition) is 4. The number of ether oxygens (including phenoxy) is 1. The first-order chi connectivity index (χ1) is 7.26. The molecular formula is C10H17N3O2. The Kier molecular flexibility index (Phi) is 8.10. The van der Waals surface area contributed by atoms with E-state index >= 15 is 0 Å². The van der Waals surface area contributed by atoms with Gasteiger partial charge < -0.3 is 15.4 Å². The van der Waals surface area contributed by atoms with Crippen LogP contribution in [0.5, 0.6) is 0 Å². The molecule has 0 aliphatic carbocycles. The molecule has 1 amide bonds. The Hall–Kier alpha value is -1.54. The number of nitrogens with zero attached hydrogens (tertiary/aromatic N) is 1. The average Bonchev–Trinajstić information content (AvgIpc) is 2.25. The molecule has 0 saturated carbocycles. The predicted octanol–water partition coefficient (Wildman–Crippen LogP) is 0.156. The fourth-order valence-corrected chi connectivity index (χ4v) is 0.866. The summed E-state index contributed by atoms with van der Waals surface area (Å²) in [5.41, 5.74) is 0.0919. The molecule has 0 aromatic rings. The molecule has 0 spiro atoms. The smallest absolute Gasteiger partial charge is 0.263 e. The van der Waals surface area contributed by atoms with E-state index in [1.807, 2.05) is 13.0 Å². The molecular weight excluding hydrogens is 194 g/mol. The summed E-state index contributed by atoms with van der Waals surface area (Å²) >= 11 is 0. The number of methoxy groups -OCH3 is 1. The molecule has 0 aliphatic heterocycles. The molecule has 0 saturated heterocycles. The lowest BCUT2D eigenvalue weighted by Crippen LogP contribution is -2.27. The lowest BCUT2D eigenvalue weighted by Gasteiger charge is -2.03. The van der Waals surface area contributed by atoms with E-state index in [4.69, 9.17) is 10.00 Å². The third-order valence-corrected chi connectivity index (χ3v) is 1.63. The molecule has 0 radical (unpaired) electrons. The van der Waals surface area contributed by atoms with E-state index in [0.717, 1.165) is 6.42 Å². The summed E-state index contributed by atoms with van der Waals surface area (Å²) < 4.78 is 4.83. The molecule has 15 heavy (non-hydrogen) atoms. The molecule has 2 N–H and O–H groups in total. The fraction of sp³-hybridized carbons (Fsp3) is 0.600. The number of rotatable bonds is 7. The zero-order valence-electron chi connectivity index (χ0n) is 9.17. The van der Waals surface area contributed by atoms with E-state index in [9.17, 15) is 4.79 Å². The SMILES string of the molecule is CCN/C=C(/C#N)C(=O)NCCCOC. The summed E-state index contributed by atoms with van der Waals surface area (Å²) in [6, 6.07) is 1.83. The van der Waals surface area contributed by atoms with Crippen LogP contribution in [0.15, 0.2) is 11.8 Å². The normalized spacial score (nSPS) is 10.6. The molecule has 0 rings (SSSR count). The second kappa shape index (κ2) is 9.03. The highest BCUT2D eigenvalue weighted by Gasteiger charge is 2.06. The van der Waals surface area contributed by atoms with Crippen molar-refractivity contribution in [3.63, 3.8) is 0 Å². The van der Waals surface area contributed by atoms with Crippen LogP contribution in [0.25, 0.3) is 0 Å². The van der Waals surface area contributed by atoms with Crippen LogP contribution in [0.2, 0.25) is 0 Å². The van der Waals surface area contributed by atoms with Crippen LogP contribution in [0.4, 0.5) is 0 Å². The second-order valence-electron chi connectivity index (χ2n) is 2.83. The first kappa shape index (κ1) is 13.5. The average molecular weight is 211 g/mol. The van der Waals surface area contributed by atoms with Crippen molar-refractivity contribution in [2.24, 2.45) is 0 Å². The van der Waals surface area contributed by atoms with Crippen LogP contribution in [-0.4, -0.2) is 32.7 Å². The van der Waals surface area contributed by atoms with Gasteiger partial charge in [0.1, 0.15) is 11.6 Å². The molecule has 0 unspecified atom stereocenters. The summed E-state index contributed by atoms with van der Waals surface area (Å²) in [7, 11) is 1.60. The van der Waals surface area contributed by atoms with Crippen LogP contribution in [0.3, 0.4) is 0 Å². The number of hydrogen-bond donors (Lipinski definition) is 2.